The molecule has 1 aromatic carbocycles. The van der Waals surface area contributed by atoms with Crippen LogP contribution >= 0.6 is 11.6 Å². The third-order valence-electron chi connectivity index (χ3n) is 2.67. The second kappa shape index (κ2) is 3.70. The Morgan fingerprint density at radius 3 is 2.71 bits per heavy atom. The van der Waals surface area contributed by atoms with Gasteiger partial charge >= 0.3 is 0 Å². The molecule has 0 N–H and O–H groups in total. The largest absolute Gasteiger partial charge is 0.294 e. The van der Waals surface area contributed by atoms with Gasteiger partial charge in [0.15, 0.2) is 5.78 Å². The predicted molar refractivity (Wildman–Crippen MR) is 53.1 cm³/mol. The molecule has 1 fully saturated rings. The molecule has 0 bridgehead atoms. The van der Waals surface area contributed by atoms with E-state index in [4.69, 9.17) is 11.6 Å². The molecular weight excluding hydrogens is 203 g/mol. The van der Waals surface area contributed by atoms with Crippen molar-refractivity contribution in [2.75, 3.05) is 0 Å². The molecule has 3 heteroatoms. The van der Waals surface area contributed by atoms with Gasteiger partial charge in [-0.15, -0.1) is 0 Å². The van der Waals surface area contributed by atoms with Crippen molar-refractivity contribution in [3.63, 3.8) is 0 Å². The van der Waals surface area contributed by atoms with Crippen LogP contribution in [-0.2, 0) is 0 Å². The Hall–Kier alpha value is -0.890. The van der Waals surface area contributed by atoms with Gasteiger partial charge in [0.1, 0.15) is 5.82 Å². The van der Waals surface area contributed by atoms with Crippen molar-refractivity contribution in [1.29, 1.82) is 0 Å². The summed E-state index contributed by atoms with van der Waals surface area (Å²) in [5.74, 6) is -0.355. The molecule has 1 aliphatic rings. The summed E-state index contributed by atoms with van der Waals surface area (Å²) in [7, 11) is 0. The zero-order valence-electron chi connectivity index (χ0n) is 7.59. The van der Waals surface area contributed by atoms with E-state index in [1.165, 1.54) is 18.2 Å². The summed E-state index contributed by atoms with van der Waals surface area (Å²) in [6.07, 6.45) is 2.90. The Bertz CT molecular complexity index is 372. The van der Waals surface area contributed by atoms with Crippen molar-refractivity contribution in [1.82, 2.24) is 0 Å². The molecule has 0 amide bonds. The smallest absolute Gasteiger partial charge is 0.167 e. The van der Waals surface area contributed by atoms with Crippen LogP contribution < -0.4 is 0 Å². The number of carbonyl (C=O) groups excluding carboxylic acids is 1. The topological polar surface area (TPSA) is 17.1 Å². The fraction of sp³-hybridized carbons (Fsp3) is 0.364. The summed E-state index contributed by atoms with van der Waals surface area (Å²) in [5, 5.41) is 0.350. The average molecular weight is 213 g/mol. The van der Waals surface area contributed by atoms with Gasteiger partial charge in [0.2, 0.25) is 0 Å². The summed E-state index contributed by atoms with van der Waals surface area (Å²) >= 11 is 5.83. The third kappa shape index (κ3) is 1.67. The molecule has 2 rings (SSSR count). The minimum absolute atomic E-state index is 0.0132. The first kappa shape index (κ1) is 9.66. The quantitative estimate of drug-likeness (QED) is 0.687. The summed E-state index contributed by atoms with van der Waals surface area (Å²) in [5.41, 5.74) is 0.330. The lowest BCUT2D eigenvalue weighted by molar-refractivity contribution is 0.0855. The normalized spacial score (nSPS) is 16.4. The lowest BCUT2D eigenvalue weighted by atomic mass is 9.80. The Morgan fingerprint density at radius 2 is 2.14 bits per heavy atom. The van der Waals surface area contributed by atoms with E-state index < -0.39 is 5.82 Å². The van der Waals surface area contributed by atoms with Crippen LogP contribution in [-0.4, -0.2) is 5.78 Å². The van der Waals surface area contributed by atoms with Crippen LogP contribution in [0.15, 0.2) is 18.2 Å². The molecule has 0 heterocycles. The van der Waals surface area contributed by atoms with E-state index in [1.54, 1.807) is 0 Å². The Kier molecular flexibility index (Phi) is 2.55. The number of carbonyl (C=O) groups is 1. The Labute approximate surface area is 86.9 Å². The molecule has 0 aliphatic heterocycles. The highest BCUT2D eigenvalue weighted by Crippen LogP contribution is 2.32. The summed E-state index contributed by atoms with van der Waals surface area (Å²) in [4.78, 5) is 11.7. The lowest BCUT2D eigenvalue weighted by Crippen LogP contribution is -2.22. The van der Waals surface area contributed by atoms with E-state index in [9.17, 15) is 9.18 Å². The van der Waals surface area contributed by atoms with Crippen molar-refractivity contribution in [2.45, 2.75) is 19.3 Å². The van der Waals surface area contributed by atoms with E-state index >= 15 is 0 Å². The second-order valence-corrected chi connectivity index (χ2v) is 4.02. The first-order valence-electron chi connectivity index (χ1n) is 4.68. The van der Waals surface area contributed by atoms with Crippen LogP contribution in [0.3, 0.4) is 0 Å². The fourth-order valence-corrected chi connectivity index (χ4v) is 1.79. The maximum atomic E-state index is 12.9. The maximum Gasteiger partial charge on any atom is 0.167 e. The minimum atomic E-state index is -0.405. The van der Waals surface area contributed by atoms with Gasteiger partial charge in [-0.05, 0) is 31.0 Å². The highest BCUT2D eigenvalue weighted by Gasteiger charge is 2.27. The highest BCUT2D eigenvalue weighted by molar-refractivity contribution is 6.34. The van der Waals surface area contributed by atoms with Crippen LogP contribution in [0.5, 0.6) is 0 Å². The van der Waals surface area contributed by atoms with Gasteiger partial charge in [0, 0.05) is 11.5 Å². The summed E-state index contributed by atoms with van der Waals surface area (Å²) in [6, 6.07) is 3.92. The zero-order chi connectivity index (χ0) is 10.1. The predicted octanol–water partition coefficient (Wildman–Crippen LogP) is 3.46. The van der Waals surface area contributed by atoms with E-state index in [0.717, 1.165) is 19.3 Å². The van der Waals surface area contributed by atoms with E-state index in [2.05, 4.69) is 0 Å². The first-order valence-corrected chi connectivity index (χ1v) is 5.05. The summed E-state index contributed by atoms with van der Waals surface area (Å²) in [6.45, 7) is 0. The Morgan fingerprint density at radius 1 is 1.43 bits per heavy atom. The number of benzene rings is 1. The number of halogens is 2. The van der Waals surface area contributed by atoms with Crippen molar-refractivity contribution in [3.05, 3.63) is 34.6 Å². The zero-order valence-corrected chi connectivity index (χ0v) is 8.35. The Balaban J connectivity index is 2.29. The molecule has 14 heavy (non-hydrogen) atoms. The van der Waals surface area contributed by atoms with Gasteiger partial charge in [0.05, 0.1) is 5.02 Å². The molecule has 0 aromatic heterocycles. The molecule has 1 nitrogen and oxygen atoms in total. The molecule has 1 aliphatic carbocycles. The van der Waals surface area contributed by atoms with Gasteiger partial charge in [-0.1, -0.05) is 18.0 Å². The minimum Gasteiger partial charge on any atom is -0.294 e. The number of hydrogen-bond acceptors (Lipinski definition) is 1. The molecule has 74 valence electrons. The average Bonchev–Trinajstić information content (AvgIpc) is 2.06. The molecular formula is C11H10ClFO. The fourth-order valence-electron chi connectivity index (χ4n) is 1.58. The highest BCUT2D eigenvalue weighted by atomic mass is 35.5. The monoisotopic (exact) mass is 212 g/mol. The molecule has 0 atom stereocenters. The second-order valence-electron chi connectivity index (χ2n) is 3.62. The molecule has 1 aromatic rings. The van der Waals surface area contributed by atoms with Gasteiger partial charge in [0.25, 0.3) is 0 Å². The molecule has 0 radical (unpaired) electrons. The van der Waals surface area contributed by atoms with Gasteiger partial charge in [-0.3, -0.25) is 4.79 Å². The van der Waals surface area contributed by atoms with Crippen molar-refractivity contribution in [2.24, 2.45) is 5.92 Å². The van der Waals surface area contributed by atoms with Crippen LogP contribution in [0.2, 0.25) is 5.02 Å². The van der Waals surface area contributed by atoms with Gasteiger partial charge in [-0.2, -0.15) is 0 Å². The lowest BCUT2D eigenvalue weighted by Gasteiger charge is -2.24. The molecule has 0 saturated heterocycles. The van der Waals surface area contributed by atoms with Crippen molar-refractivity contribution >= 4 is 17.4 Å². The van der Waals surface area contributed by atoms with Crippen molar-refractivity contribution < 1.29 is 9.18 Å². The molecule has 0 unspecified atom stereocenters. The van der Waals surface area contributed by atoms with Crippen LogP contribution in [0.4, 0.5) is 4.39 Å². The molecule has 0 spiro atoms. The van der Waals surface area contributed by atoms with Crippen molar-refractivity contribution in [3.8, 4) is 0 Å². The SMILES string of the molecule is O=C(c1cc(F)ccc1Cl)C1CCC1. The summed E-state index contributed by atoms with van der Waals surface area (Å²) < 4.78 is 12.9. The van der Waals surface area contributed by atoms with E-state index in [-0.39, 0.29) is 11.7 Å². The molecule has 1 saturated carbocycles. The van der Waals surface area contributed by atoms with E-state index in [1.807, 2.05) is 0 Å². The maximum absolute atomic E-state index is 12.9. The van der Waals surface area contributed by atoms with Gasteiger partial charge in [-0.25, -0.2) is 4.39 Å². The number of Topliss-reactive ketones (excluding diaryl/α,β-unsaturated/α-hetero) is 1. The number of ketones is 1. The first-order chi connectivity index (χ1) is 6.68. The van der Waals surface area contributed by atoms with Crippen LogP contribution in [0.25, 0.3) is 0 Å². The number of hydrogen-bond donors (Lipinski definition) is 0. The third-order valence-corrected chi connectivity index (χ3v) is 3.00. The van der Waals surface area contributed by atoms with Crippen LogP contribution in [0, 0.1) is 11.7 Å². The number of rotatable bonds is 2. The van der Waals surface area contributed by atoms with E-state index in [0.29, 0.717) is 10.6 Å². The van der Waals surface area contributed by atoms with Crippen LogP contribution in [0.1, 0.15) is 29.6 Å². The standard InChI is InChI=1S/C11H10ClFO/c12-10-5-4-8(13)6-9(10)11(14)7-2-1-3-7/h4-7H,1-3H2. The van der Waals surface area contributed by atoms with Gasteiger partial charge < -0.3 is 0 Å².